The number of likely N-dealkylation sites (tertiary alicyclic amines) is 1. The summed E-state index contributed by atoms with van der Waals surface area (Å²) in [6.45, 7) is 0.550. The topological polar surface area (TPSA) is 77.6 Å². The zero-order valence-electron chi connectivity index (χ0n) is 14.6. The van der Waals surface area contributed by atoms with Crippen molar-refractivity contribution in [1.29, 1.82) is 0 Å². The molecule has 2 aliphatic carbocycles. The summed E-state index contributed by atoms with van der Waals surface area (Å²) in [5, 5.41) is 0. The molecule has 0 unspecified atom stereocenters. The van der Waals surface area contributed by atoms with Gasteiger partial charge >= 0.3 is 6.09 Å². The standard InChI is InChI=1S/C19H19NO6/c1-23-10-4-3-8-7-9-12-13(21)15-16(25-15)17-19(12,11(8)14(10)26-17)5-6-20(9)18(22)24-2/h3-4,9,12,15-17H,5-7H2,1-2H3/t9-,12-,15-,16-,17+,19-/m1/s1. The summed E-state index contributed by atoms with van der Waals surface area (Å²) in [7, 11) is 3.02. The molecule has 3 heterocycles. The van der Waals surface area contributed by atoms with Gasteiger partial charge in [-0.25, -0.2) is 4.79 Å². The van der Waals surface area contributed by atoms with Crippen LogP contribution in [0.15, 0.2) is 12.1 Å². The molecule has 6 atom stereocenters. The average molecular weight is 357 g/mol. The minimum absolute atomic E-state index is 0.106. The van der Waals surface area contributed by atoms with E-state index in [9.17, 15) is 9.59 Å². The lowest BCUT2D eigenvalue weighted by molar-refractivity contribution is -0.136. The fraction of sp³-hybridized carbons (Fsp3) is 0.579. The first-order valence-corrected chi connectivity index (χ1v) is 9.02. The molecule has 5 aliphatic rings. The SMILES string of the molecule is COC(=O)N1CC[C@]23c4c5ccc(OC)c4O[C@H]2[C@@H]2O[C@@H]2C(=O)[C@H]3[C@H]1C5. The van der Waals surface area contributed by atoms with Crippen molar-refractivity contribution >= 4 is 11.9 Å². The van der Waals surface area contributed by atoms with E-state index in [2.05, 4.69) is 0 Å². The van der Waals surface area contributed by atoms with Crippen LogP contribution in [0.3, 0.4) is 0 Å². The van der Waals surface area contributed by atoms with Crippen LogP contribution in [0, 0.1) is 5.92 Å². The van der Waals surface area contributed by atoms with Crippen LogP contribution in [0.5, 0.6) is 11.5 Å². The van der Waals surface area contributed by atoms with Gasteiger partial charge in [0.25, 0.3) is 0 Å². The van der Waals surface area contributed by atoms with Crippen LogP contribution in [0.25, 0.3) is 0 Å². The maximum atomic E-state index is 13.2. The van der Waals surface area contributed by atoms with Crippen LogP contribution < -0.4 is 9.47 Å². The number of epoxide rings is 1. The van der Waals surface area contributed by atoms with Crippen molar-refractivity contribution in [1.82, 2.24) is 4.90 Å². The molecule has 1 amide bonds. The summed E-state index contributed by atoms with van der Waals surface area (Å²) >= 11 is 0. The van der Waals surface area contributed by atoms with Crippen molar-refractivity contribution in [2.24, 2.45) is 5.92 Å². The average Bonchev–Trinajstić information content (AvgIpc) is 3.38. The van der Waals surface area contributed by atoms with Crippen molar-refractivity contribution in [3.05, 3.63) is 23.3 Å². The summed E-state index contributed by atoms with van der Waals surface area (Å²) in [6.07, 6.45) is 0.131. The van der Waals surface area contributed by atoms with Gasteiger partial charge in [0.05, 0.1) is 25.6 Å². The number of Topliss-reactive ketones (excluding diaryl/α,β-unsaturated/α-hetero) is 1. The zero-order chi connectivity index (χ0) is 17.8. The van der Waals surface area contributed by atoms with Gasteiger partial charge in [-0.05, 0) is 24.5 Å². The Morgan fingerprint density at radius 1 is 1.35 bits per heavy atom. The van der Waals surface area contributed by atoms with Crippen molar-refractivity contribution in [3.63, 3.8) is 0 Å². The second kappa shape index (κ2) is 4.52. The minimum atomic E-state index is -0.429. The largest absolute Gasteiger partial charge is 0.493 e. The number of fused-ring (bicyclic) bond motifs is 2. The van der Waals surface area contributed by atoms with Crippen LogP contribution in [-0.4, -0.2) is 61.9 Å². The molecule has 136 valence electrons. The molecule has 7 heteroatoms. The maximum absolute atomic E-state index is 13.2. The van der Waals surface area contributed by atoms with Crippen molar-refractivity contribution in [2.45, 2.75) is 42.6 Å². The molecule has 0 radical (unpaired) electrons. The molecule has 2 saturated heterocycles. The highest BCUT2D eigenvalue weighted by Crippen LogP contribution is 2.65. The number of piperidine rings is 1. The molecule has 7 nitrogen and oxygen atoms in total. The Kier molecular flexibility index (Phi) is 2.58. The Morgan fingerprint density at radius 2 is 2.19 bits per heavy atom. The lowest BCUT2D eigenvalue weighted by Crippen LogP contribution is -2.69. The van der Waals surface area contributed by atoms with E-state index in [1.54, 1.807) is 12.0 Å². The zero-order valence-corrected chi connectivity index (χ0v) is 14.6. The highest BCUT2D eigenvalue weighted by molar-refractivity contribution is 5.94. The Hall–Kier alpha value is -2.28. The fourth-order valence-corrected chi connectivity index (χ4v) is 6.05. The lowest BCUT2D eigenvalue weighted by atomic mass is 9.51. The van der Waals surface area contributed by atoms with E-state index in [0.717, 1.165) is 16.9 Å². The molecule has 1 spiro atoms. The molecule has 2 bridgehead atoms. The van der Waals surface area contributed by atoms with Crippen LogP contribution in [0.2, 0.25) is 0 Å². The Bertz CT molecular complexity index is 868. The molecule has 1 aromatic carbocycles. The highest BCUT2D eigenvalue weighted by atomic mass is 16.6. The molecule has 3 aliphatic heterocycles. The predicted molar refractivity (Wildman–Crippen MR) is 87.5 cm³/mol. The molecule has 0 aromatic heterocycles. The maximum Gasteiger partial charge on any atom is 0.409 e. The van der Waals surface area contributed by atoms with Gasteiger partial charge in [0, 0.05) is 18.2 Å². The molecular weight excluding hydrogens is 338 g/mol. The Labute approximate surface area is 150 Å². The van der Waals surface area contributed by atoms with Gasteiger partial charge < -0.3 is 23.8 Å². The smallest absolute Gasteiger partial charge is 0.409 e. The summed E-state index contributed by atoms with van der Waals surface area (Å²) in [5.41, 5.74) is 1.81. The molecule has 1 aromatic rings. The first kappa shape index (κ1) is 14.8. The first-order valence-electron chi connectivity index (χ1n) is 9.02. The molecule has 0 N–H and O–H groups in total. The van der Waals surface area contributed by atoms with Gasteiger partial charge in [-0.2, -0.15) is 0 Å². The third-order valence-corrected chi connectivity index (χ3v) is 7.00. The first-order chi connectivity index (χ1) is 12.6. The van der Waals surface area contributed by atoms with Gasteiger partial charge in [-0.15, -0.1) is 0 Å². The van der Waals surface area contributed by atoms with E-state index < -0.39 is 11.5 Å². The van der Waals surface area contributed by atoms with E-state index in [4.69, 9.17) is 18.9 Å². The second-order valence-electron chi connectivity index (χ2n) is 7.80. The number of amides is 1. The minimum Gasteiger partial charge on any atom is -0.493 e. The summed E-state index contributed by atoms with van der Waals surface area (Å²) < 4.78 is 22.6. The second-order valence-corrected chi connectivity index (χ2v) is 7.80. The normalized spacial score (nSPS) is 40.3. The number of carbonyl (C=O) groups is 2. The summed E-state index contributed by atoms with van der Waals surface area (Å²) in [4.78, 5) is 27.3. The Morgan fingerprint density at radius 3 is 2.96 bits per heavy atom. The number of carbonyl (C=O) groups excluding carboxylic acids is 2. The summed E-state index contributed by atoms with van der Waals surface area (Å²) in [6, 6.07) is 3.74. The van der Waals surface area contributed by atoms with Gasteiger partial charge in [-0.3, -0.25) is 4.79 Å². The monoisotopic (exact) mass is 357 g/mol. The van der Waals surface area contributed by atoms with Crippen LogP contribution in [-0.2, 0) is 26.1 Å². The number of ether oxygens (including phenoxy) is 4. The third-order valence-electron chi connectivity index (χ3n) is 7.00. The molecule has 1 saturated carbocycles. The van der Waals surface area contributed by atoms with Crippen molar-refractivity contribution < 1.29 is 28.5 Å². The summed E-state index contributed by atoms with van der Waals surface area (Å²) in [5.74, 6) is 1.25. The van der Waals surface area contributed by atoms with E-state index in [1.165, 1.54) is 7.11 Å². The predicted octanol–water partition coefficient (Wildman–Crippen LogP) is 1.06. The van der Waals surface area contributed by atoms with E-state index >= 15 is 0 Å². The number of methoxy groups -OCH3 is 2. The van der Waals surface area contributed by atoms with E-state index in [1.807, 2.05) is 12.1 Å². The highest BCUT2D eigenvalue weighted by Gasteiger charge is 2.76. The molecular formula is C19H19NO6. The van der Waals surface area contributed by atoms with Crippen molar-refractivity contribution in [3.8, 4) is 11.5 Å². The number of nitrogens with zero attached hydrogens (tertiary/aromatic N) is 1. The van der Waals surface area contributed by atoms with E-state index in [0.29, 0.717) is 25.1 Å². The third kappa shape index (κ3) is 1.43. The quantitative estimate of drug-likeness (QED) is 0.700. The molecule has 6 rings (SSSR count). The van der Waals surface area contributed by atoms with Crippen LogP contribution in [0.1, 0.15) is 17.5 Å². The lowest BCUT2D eigenvalue weighted by Gasteiger charge is -2.55. The van der Waals surface area contributed by atoms with E-state index in [-0.39, 0.29) is 36.0 Å². The van der Waals surface area contributed by atoms with Crippen LogP contribution in [0.4, 0.5) is 4.79 Å². The number of benzene rings is 1. The number of hydrogen-bond acceptors (Lipinski definition) is 6. The van der Waals surface area contributed by atoms with Gasteiger partial charge in [0.15, 0.2) is 17.3 Å². The van der Waals surface area contributed by atoms with Gasteiger partial charge in [0.1, 0.15) is 18.3 Å². The van der Waals surface area contributed by atoms with Crippen LogP contribution >= 0.6 is 0 Å². The number of ketones is 1. The van der Waals surface area contributed by atoms with Crippen molar-refractivity contribution in [2.75, 3.05) is 20.8 Å². The van der Waals surface area contributed by atoms with Gasteiger partial charge in [-0.1, -0.05) is 6.07 Å². The fourth-order valence-electron chi connectivity index (χ4n) is 6.05. The van der Waals surface area contributed by atoms with Gasteiger partial charge in [0.2, 0.25) is 0 Å². The molecule has 3 fully saturated rings. The number of rotatable bonds is 1. The molecule has 26 heavy (non-hydrogen) atoms. The Balaban J connectivity index is 1.60. The number of hydrogen-bond donors (Lipinski definition) is 0.